The summed E-state index contributed by atoms with van der Waals surface area (Å²) in [5.74, 6) is -1.23. The first kappa shape index (κ1) is 12.4. The molecule has 0 bridgehead atoms. The number of aliphatic carboxylic acids is 1. The number of amides is 1. The molecule has 0 saturated carbocycles. The zero-order chi connectivity index (χ0) is 13.1. The third kappa shape index (κ3) is 2.43. The average molecular weight is 251 g/mol. The van der Waals surface area contributed by atoms with Gasteiger partial charge in [-0.1, -0.05) is 30.3 Å². The predicted molar refractivity (Wildman–Crippen MR) is 60.8 cm³/mol. The zero-order valence-corrected chi connectivity index (χ0v) is 9.52. The van der Waals surface area contributed by atoms with Crippen LogP contribution >= 0.6 is 0 Å². The van der Waals surface area contributed by atoms with E-state index >= 15 is 0 Å². The van der Waals surface area contributed by atoms with E-state index in [0.29, 0.717) is 0 Å². The first-order valence-corrected chi connectivity index (χ1v) is 5.48. The Labute approximate surface area is 103 Å². The van der Waals surface area contributed by atoms with Gasteiger partial charge in [-0.15, -0.1) is 0 Å². The number of hydrogen-bond acceptors (Lipinski definition) is 4. The number of ether oxygens (including phenoxy) is 1. The molecule has 6 nitrogen and oxygen atoms in total. The van der Waals surface area contributed by atoms with Crippen LogP contribution in [-0.4, -0.2) is 45.9 Å². The minimum Gasteiger partial charge on any atom is -0.480 e. The van der Waals surface area contributed by atoms with Crippen LogP contribution in [0, 0.1) is 0 Å². The number of likely N-dealkylation sites (tertiary alicyclic amines) is 1. The van der Waals surface area contributed by atoms with Gasteiger partial charge in [0.1, 0.15) is 12.7 Å². The molecule has 1 aromatic rings. The highest BCUT2D eigenvalue weighted by Crippen LogP contribution is 2.20. The quantitative estimate of drug-likeness (QED) is 0.814. The molecule has 96 valence electrons. The second kappa shape index (κ2) is 5.05. The number of nitrogens with zero attached hydrogens (tertiary/aromatic N) is 1. The molecule has 1 aliphatic rings. The lowest BCUT2D eigenvalue weighted by molar-refractivity contribution is -0.157. The summed E-state index contributed by atoms with van der Waals surface area (Å²) in [6.45, 7) is 0.0726. The molecule has 2 atom stereocenters. The number of carbonyl (C=O) groups excluding carboxylic acids is 1. The summed E-state index contributed by atoms with van der Waals surface area (Å²) in [6.07, 6.45) is -1.75. The molecule has 2 rings (SSSR count). The van der Waals surface area contributed by atoms with Crippen LogP contribution in [0.4, 0.5) is 4.79 Å². The first-order chi connectivity index (χ1) is 8.59. The Balaban J connectivity index is 1.88. The number of benzene rings is 1. The van der Waals surface area contributed by atoms with Crippen molar-refractivity contribution in [3.05, 3.63) is 35.9 Å². The Bertz CT molecular complexity index is 447. The van der Waals surface area contributed by atoms with Crippen LogP contribution in [0.15, 0.2) is 30.3 Å². The van der Waals surface area contributed by atoms with E-state index in [2.05, 4.69) is 0 Å². The number of carboxylic acid groups (broad SMARTS) is 1. The summed E-state index contributed by atoms with van der Waals surface area (Å²) in [7, 11) is 0. The van der Waals surface area contributed by atoms with E-state index in [1.165, 1.54) is 0 Å². The van der Waals surface area contributed by atoms with Gasteiger partial charge in [0.2, 0.25) is 0 Å². The van der Waals surface area contributed by atoms with Crippen LogP contribution in [0.2, 0.25) is 0 Å². The second-order valence-electron chi connectivity index (χ2n) is 4.04. The molecular weight excluding hydrogens is 238 g/mol. The van der Waals surface area contributed by atoms with Crippen LogP contribution in [0.5, 0.6) is 0 Å². The molecule has 6 heteroatoms. The molecular formula is C12H13NO5. The molecule has 0 radical (unpaired) electrons. The van der Waals surface area contributed by atoms with Gasteiger partial charge < -0.3 is 14.9 Å². The van der Waals surface area contributed by atoms with Gasteiger partial charge in [-0.2, -0.15) is 0 Å². The van der Waals surface area contributed by atoms with Crippen molar-refractivity contribution in [3.8, 4) is 0 Å². The highest BCUT2D eigenvalue weighted by molar-refractivity contribution is 5.82. The average Bonchev–Trinajstić information content (AvgIpc) is 2.33. The summed E-state index contributed by atoms with van der Waals surface area (Å²) in [5.41, 5.74) is 0.818. The maximum Gasteiger partial charge on any atom is 0.411 e. The van der Waals surface area contributed by atoms with Crippen molar-refractivity contribution in [2.45, 2.75) is 18.8 Å². The lowest BCUT2D eigenvalue weighted by atomic mass is 10.0. The minimum absolute atomic E-state index is 0.00934. The molecule has 18 heavy (non-hydrogen) atoms. The SMILES string of the molecule is O=C(O)[C@@H]1[C@H](O)CN1C(=O)OCc1ccccc1. The van der Waals surface area contributed by atoms with E-state index in [9.17, 15) is 14.7 Å². The summed E-state index contributed by atoms with van der Waals surface area (Å²) >= 11 is 0. The molecule has 0 aliphatic carbocycles. The van der Waals surface area contributed by atoms with Crippen molar-refractivity contribution in [2.75, 3.05) is 6.54 Å². The van der Waals surface area contributed by atoms with Gasteiger partial charge in [0, 0.05) is 0 Å². The molecule has 1 fully saturated rings. The third-order valence-corrected chi connectivity index (χ3v) is 2.78. The molecule has 0 aromatic heterocycles. The Morgan fingerprint density at radius 3 is 2.56 bits per heavy atom. The molecule has 1 aliphatic heterocycles. The van der Waals surface area contributed by atoms with Gasteiger partial charge in [0.15, 0.2) is 6.04 Å². The largest absolute Gasteiger partial charge is 0.480 e. The highest BCUT2D eigenvalue weighted by Gasteiger charge is 2.46. The number of rotatable bonds is 3. The van der Waals surface area contributed by atoms with Gasteiger partial charge in [-0.25, -0.2) is 9.59 Å². The molecule has 2 N–H and O–H groups in total. The number of carboxylic acids is 1. The Morgan fingerprint density at radius 2 is 2.00 bits per heavy atom. The maximum absolute atomic E-state index is 11.6. The van der Waals surface area contributed by atoms with Gasteiger partial charge in [0.25, 0.3) is 0 Å². The van der Waals surface area contributed by atoms with E-state index in [0.717, 1.165) is 10.5 Å². The summed E-state index contributed by atoms with van der Waals surface area (Å²) in [4.78, 5) is 23.4. The highest BCUT2D eigenvalue weighted by atomic mass is 16.6. The van der Waals surface area contributed by atoms with Gasteiger partial charge >= 0.3 is 12.1 Å². The summed E-state index contributed by atoms with van der Waals surface area (Å²) < 4.78 is 4.97. The fraction of sp³-hybridized carbons (Fsp3) is 0.333. The number of β-amino-alcohol motifs (C(OH)–C–C–N with tert-alkyl or cyclic N) is 1. The Morgan fingerprint density at radius 1 is 1.33 bits per heavy atom. The lowest BCUT2D eigenvalue weighted by Gasteiger charge is -2.41. The van der Waals surface area contributed by atoms with E-state index in [4.69, 9.17) is 9.84 Å². The summed E-state index contributed by atoms with van der Waals surface area (Å²) in [5, 5.41) is 18.1. The van der Waals surface area contributed by atoms with Crippen molar-refractivity contribution in [1.82, 2.24) is 4.90 Å². The standard InChI is InChI=1S/C12H13NO5/c14-9-6-13(10(9)11(15)16)12(17)18-7-8-4-2-1-3-5-8/h1-5,9-10,14H,6-7H2,(H,15,16)/t9-,10+/m1/s1. The normalized spacial score (nSPS) is 22.2. The predicted octanol–water partition coefficient (Wildman–Crippen LogP) is 0.453. The van der Waals surface area contributed by atoms with E-state index < -0.39 is 24.2 Å². The number of aliphatic hydroxyl groups is 1. The van der Waals surface area contributed by atoms with Crippen LogP contribution < -0.4 is 0 Å². The monoisotopic (exact) mass is 251 g/mol. The van der Waals surface area contributed by atoms with Crippen LogP contribution in [0.1, 0.15) is 5.56 Å². The van der Waals surface area contributed by atoms with Crippen molar-refractivity contribution in [1.29, 1.82) is 0 Å². The van der Waals surface area contributed by atoms with Crippen molar-refractivity contribution >= 4 is 12.1 Å². The first-order valence-electron chi connectivity index (χ1n) is 5.48. The molecule has 1 saturated heterocycles. The maximum atomic E-state index is 11.6. The smallest absolute Gasteiger partial charge is 0.411 e. The summed E-state index contributed by atoms with van der Waals surface area (Å²) in [6, 6.07) is 7.87. The molecule has 0 unspecified atom stereocenters. The fourth-order valence-electron chi connectivity index (χ4n) is 1.77. The van der Waals surface area contributed by atoms with E-state index in [1.807, 2.05) is 18.2 Å². The third-order valence-electron chi connectivity index (χ3n) is 2.78. The lowest BCUT2D eigenvalue weighted by Crippen LogP contribution is -2.65. The van der Waals surface area contributed by atoms with Crippen molar-refractivity contribution < 1.29 is 24.5 Å². The van der Waals surface area contributed by atoms with Crippen molar-refractivity contribution in [3.63, 3.8) is 0 Å². The second-order valence-corrected chi connectivity index (χ2v) is 4.04. The molecule has 0 spiro atoms. The minimum atomic E-state index is -1.23. The van der Waals surface area contributed by atoms with Gasteiger partial charge in [0.05, 0.1) is 6.54 Å². The van der Waals surface area contributed by atoms with Crippen LogP contribution in [-0.2, 0) is 16.1 Å². The number of aliphatic hydroxyl groups excluding tert-OH is 1. The number of hydrogen-bond donors (Lipinski definition) is 2. The van der Waals surface area contributed by atoms with Gasteiger partial charge in [-0.05, 0) is 5.56 Å². The molecule has 1 aromatic carbocycles. The van der Waals surface area contributed by atoms with Crippen LogP contribution in [0.3, 0.4) is 0 Å². The Kier molecular flexibility index (Phi) is 3.47. The van der Waals surface area contributed by atoms with Crippen molar-refractivity contribution in [2.24, 2.45) is 0 Å². The van der Waals surface area contributed by atoms with Crippen LogP contribution in [0.25, 0.3) is 0 Å². The Hall–Kier alpha value is -2.08. The van der Waals surface area contributed by atoms with E-state index in [-0.39, 0.29) is 13.2 Å². The fourth-order valence-corrected chi connectivity index (χ4v) is 1.77. The molecule has 1 heterocycles. The number of carbonyl (C=O) groups is 2. The molecule has 1 amide bonds. The van der Waals surface area contributed by atoms with Gasteiger partial charge in [-0.3, -0.25) is 4.90 Å². The topological polar surface area (TPSA) is 87.1 Å². The zero-order valence-electron chi connectivity index (χ0n) is 9.52. The van der Waals surface area contributed by atoms with E-state index in [1.54, 1.807) is 12.1 Å².